The van der Waals surface area contributed by atoms with Crippen LogP contribution < -0.4 is 0 Å². The van der Waals surface area contributed by atoms with Crippen LogP contribution in [0.4, 0.5) is 0 Å². The summed E-state index contributed by atoms with van der Waals surface area (Å²) in [5.74, 6) is 2.76. The molecule has 3 aliphatic carbocycles. The van der Waals surface area contributed by atoms with Crippen molar-refractivity contribution in [2.45, 2.75) is 57.5 Å². The van der Waals surface area contributed by atoms with Crippen LogP contribution in [0.1, 0.15) is 51.4 Å². The molecule has 4 atom stereocenters. The fourth-order valence-corrected chi connectivity index (χ4v) is 4.93. The zero-order valence-electron chi connectivity index (χ0n) is 11.1. The summed E-state index contributed by atoms with van der Waals surface area (Å²) in [7, 11) is 0. The van der Waals surface area contributed by atoms with Crippen molar-refractivity contribution in [3.8, 4) is 0 Å². The standard InChI is InChI=1S/C16H24O2/c1-2-15(17)18-16-13-9-5-3-7-11(13)12-8-4-6-10-14(12)16/h2,11-14,16H,1,3-10H2. The summed E-state index contributed by atoms with van der Waals surface area (Å²) in [5, 5.41) is 0. The smallest absolute Gasteiger partial charge is 0.330 e. The molecular weight excluding hydrogens is 224 g/mol. The molecule has 0 heterocycles. The second-order valence-electron chi connectivity index (χ2n) is 6.33. The van der Waals surface area contributed by atoms with E-state index in [0.717, 1.165) is 11.8 Å². The number of hydrogen-bond acceptors (Lipinski definition) is 2. The van der Waals surface area contributed by atoms with Gasteiger partial charge in [-0.2, -0.15) is 0 Å². The molecule has 0 aliphatic heterocycles. The van der Waals surface area contributed by atoms with E-state index in [-0.39, 0.29) is 12.1 Å². The lowest BCUT2D eigenvalue weighted by Gasteiger charge is -2.31. The van der Waals surface area contributed by atoms with Crippen molar-refractivity contribution < 1.29 is 9.53 Å². The third-order valence-corrected chi connectivity index (χ3v) is 5.56. The van der Waals surface area contributed by atoms with E-state index < -0.39 is 0 Å². The molecule has 3 aliphatic rings. The Hall–Kier alpha value is -0.790. The van der Waals surface area contributed by atoms with E-state index in [0.29, 0.717) is 11.8 Å². The summed E-state index contributed by atoms with van der Waals surface area (Å²) in [6, 6.07) is 0. The second-order valence-corrected chi connectivity index (χ2v) is 6.33. The molecule has 3 saturated carbocycles. The van der Waals surface area contributed by atoms with E-state index in [2.05, 4.69) is 6.58 Å². The van der Waals surface area contributed by atoms with E-state index in [4.69, 9.17) is 4.74 Å². The lowest BCUT2D eigenvalue weighted by molar-refractivity contribution is -0.148. The van der Waals surface area contributed by atoms with Gasteiger partial charge in [-0.05, 0) is 49.4 Å². The minimum absolute atomic E-state index is 0.200. The van der Waals surface area contributed by atoms with Crippen molar-refractivity contribution in [3.05, 3.63) is 12.7 Å². The van der Waals surface area contributed by atoms with Crippen LogP contribution in [0.2, 0.25) is 0 Å². The topological polar surface area (TPSA) is 26.3 Å². The maximum absolute atomic E-state index is 11.6. The van der Waals surface area contributed by atoms with Gasteiger partial charge in [0.15, 0.2) is 0 Å². The Balaban J connectivity index is 1.80. The summed E-state index contributed by atoms with van der Waals surface area (Å²) in [4.78, 5) is 11.6. The van der Waals surface area contributed by atoms with Crippen LogP contribution in [0.25, 0.3) is 0 Å². The molecule has 0 radical (unpaired) electrons. The average Bonchev–Trinajstić information content (AvgIpc) is 2.74. The van der Waals surface area contributed by atoms with Gasteiger partial charge < -0.3 is 4.74 Å². The molecule has 100 valence electrons. The van der Waals surface area contributed by atoms with Gasteiger partial charge in [-0.1, -0.05) is 32.3 Å². The van der Waals surface area contributed by atoms with Crippen LogP contribution in [0.5, 0.6) is 0 Å². The number of fused-ring (bicyclic) bond motifs is 3. The Morgan fingerprint density at radius 2 is 1.33 bits per heavy atom. The summed E-state index contributed by atoms with van der Waals surface area (Å²) in [6.07, 6.45) is 12.2. The zero-order chi connectivity index (χ0) is 12.5. The van der Waals surface area contributed by atoms with Crippen LogP contribution in [-0.4, -0.2) is 12.1 Å². The van der Waals surface area contributed by atoms with Crippen LogP contribution in [0.3, 0.4) is 0 Å². The fourth-order valence-electron chi connectivity index (χ4n) is 4.93. The van der Waals surface area contributed by atoms with Gasteiger partial charge in [0, 0.05) is 6.08 Å². The maximum atomic E-state index is 11.6. The highest BCUT2D eigenvalue weighted by atomic mass is 16.5. The first-order chi connectivity index (χ1) is 8.81. The van der Waals surface area contributed by atoms with E-state index >= 15 is 0 Å². The summed E-state index contributed by atoms with van der Waals surface area (Å²) in [6.45, 7) is 3.54. The van der Waals surface area contributed by atoms with Crippen molar-refractivity contribution in [1.29, 1.82) is 0 Å². The minimum Gasteiger partial charge on any atom is -0.459 e. The molecule has 3 fully saturated rings. The van der Waals surface area contributed by atoms with Gasteiger partial charge in [0.25, 0.3) is 0 Å². The van der Waals surface area contributed by atoms with E-state index in [9.17, 15) is 4.79 Å². The van der Waals surface area contributed by atoms with Gasteiger partial charge in [0.05, 0.1) is 0 Å². The number of rotatable bonds is 2. The number of carbonyl (C=O) groups is 1. The second kappa shape index (κ2) is 5.07. The van der Waals surface area contributed by atoms with Crippen LogP contribution >= 0.6 is 0 Å². The number of hydrogen-bond donors (Lipinski definition) is 0. The van der Waals surface area contributed by atoms with Gasteiger partial charge >= 0.3 is 5.97 Å². The SMILES string of the molecule is C=CC(=O)OC1C2CCCCC2C2CCCCC21. The first-order valence-electron chi connectivity index (χ1n) is 7.64. The third kappa shape index (κ3) is 2.00. The summed E-state index contributed by atoms with van der Waals surface area (Å²) < 4.78 is 5.74. The van der Waals surface area contributed by atoms with E-state index in [1.165, 1.54) is 57.4 Å². The molecule has 0 N–H and O–H groups in total. The van der Waals surface area contributed by atoms with Crippen LogP contribution in [0, 0.1) is 23.7 Å². The minimum atomic E-state index is -0.212. The van der Waals surface area contributed by atoms with Crippen molar-refractivity contribution >= 4 is 5.97 Å². The molecule has 0 bridgehead atoms. The predicted octanol–water partition coefficient (Wildman–Crippen LogP) is 3.71. The zero-order valence-corrected chi connectivity index (χ0v) is 11.1. The number of esters is 1. The maximum Gasteiger partial charge on any atom is 0.330 e. The Kier molecular flexibility index (Phi) is 3.45. The van der Waals surface area contributed by atoms with E-state index in [1.807, 2.05) is 0 Å². The average molecular weight is 248 g/mol. The normalized spacial score (nSPS) is 42.8. The Morgan fingerprint density at radius 1 is 0.889 bits per heavy atom. The van der Waals surface area contributed by atoms with Crippen molar-refractivity contribution in [3.63, 3.8) is 0 Å². The van der Waals surface area contributed by atoms with Gasteiger partial charge in [0.2, 0.25) is 0 Å². The molecule has 0 aromatic carbocycles. The predicted molar refractivity (Wildman–Crippen MR) is 71.0 cm³/mol. The molecule has 2 heteroatoms. The summed E-state index contributed by atoms with van der Waals surface area (Å²) in [5.41, 5.74) is 0. The molecule has 2 nitrogen and oxygen atoms in total. The Morgan fingerprint density at radius 3 is 1.78 bits per heavy atom. The Bertz CT molecular complexity index is 314. The highest BCUT2D eigenvalue weighted by molar-refractivity contribution is 5.81. The van der Waals surface area contributed by atoms with Crippen molar-refractivity contribution in [2.75, 3.05) is 0 Å². The van der Waals surface area contributed by atoms with E-state index in [1.54, 1.807) is 0 Å². The molecular formula is C16H24O2. The van der Waals surface area contributed by atoms with Crippen molar-refractivity contribution in [1.82, 2.24) is 0 Å². The highest BCUT2D eigenvalue weighted by Gasteiger charge is 2.52. The molecule has 4 unspecified atom stereocenters. The summed E-state index contributed by atoms with van der Waals surface area (Å²) >= 11 is 0. The van der Waals surface area contributed by atoms with Crippen LogP contribution in [0.15, 0.2) is 12.7 Å². The fraction of sp³-hybridized carbons (Fsp3) is 0.812. The van der Waals surface area contributed by atoms with Gasteiger partial charge in [-0.3, -0.25) is 0 Å². The lowest BCUT2D eigenvalue weighted by Crippen LogP contribution is -2.31. The highest BCUT2D eigenvalue weighted by Crippen LogP contribution is 2.55. The third-order valence-electron chi connectivity index (χ3n) is 5.56. The largest absolute Gasteiger partial charge is 0.459 e. The molecule has 0 amide bonds. The quantitative estimate of drug-likeness (QED) is 0.550. The first-order valence-corrected chi connectivity index (χ1v) is 7.64. The van der Waals surface area contributed by atoms with Gasteiger partial charge in [-0.15, -0.1) is 0 Å². The molecule has 0 saturated heterocycles. The lowest BCUT2D eigenvalue weighted by atomic mass is 9.73. The first kappa shape index (κ1) is 12.3. The van der Waals surface area contributed by atoms with Crippen molar-refractivity contribution in [2.24, 2.45) is 23.7 Å². The molecule has 3 rings (SSSR count). The monoisotopic (exact) mass is 248 g/mol. The van der Waals surface area contributed by atoms with Gasteiger partial charge in [0.1, 0.15) is 6.10 Å². The van der Waals surface area contributed by atoms with Crippen LogP contribution in [-0.2, 0) is 9.53 Å². The molecule has 0 aromatic heterocycles. The molecule has 18 heavy (non-hydrogen) atoms. The number of ether oxygens (including phenoxy) is 1. The number of carbonyl (C=O) groups excluding carboxylic acids is 1. The molecule has 0 spiro atoms. The molecule has 0 aromatic rings. The van der Waals surface area contributed by atoms with Gasteiger partial charge in [-0.25, -0.2) is 4.79 Å². The Labute approximate surface area is 110 Å².